The Hall–Kier alpha value is -1.33. The summed E-state index contributed by atoms with van der Waals surface area (Å²) in [6, 6.07) is 8.20. The molecule has 2 heterocycles. The van der Waals surface area contributed by atoms with E-state index in [-0.39, 0.29) is 0 Å². The molecule has 0 amide bonds. The lowest BCUT2D eigenvalue weighted by molar-refractivity contribution is 0.412. The van der Waals surface area contributed by atoms with Crippen LogP contribution in [0.1, 0.15) is 24.5 Å². The van der Waals surface area contributed by atoms with Crippen LogP contribution in [0.5, 0.6) is 5.75 Å². The van der Waals surface area contributed by atoms with Crippen LogP contribution in [0, 0.1) is 0 Å². The minimum Gasteiger partial charge on any atom is -0.496 e. The number of halogens is 1. The van der Waals surface area contributed by atoms with Gasteiger partial charge >= 0.3 is 0 Å². The van der Waals surface area contributed by atoms with Crippen LogP contribution in [-0.4, -0.2) is 30.4 Å². The van der Waals surface area contributed by atoms with Gasteiger partial charge in [-0.15, -0.1) is 0 Å². The lowest BCUT2D eigenvalue weighted by Crippen LogP contribution is -2.26. The largest absolute Gasteiger partial charge is 0.496 e. The Morgan fingerprint density at radius 2 is 2.05 bits per heavy atom. The summed E-state index contributed by atoms with van der Waals surface area (Å²) in [5.74, 6) is 1.43. The van der Waals surface area contributed by atoms with E-state index in [0.29, 0.717) is 5.92 Å². The molecule has 5 heteroatoms. The van der Waals surface area contributed by atoms with E-state index in [2.05, 4.69) is 37.5 Å². The smallest absolute Gasteiger partial charge is 0.133 e. The van der Waals surface area contributed by atoms with Crippen molar-refractivity contribution in [1.82, 2.24) is 15.5 Å². The number of nitrogens with zero attached hydrogens (tertiary/aromatic N) is 1. The van der Waals surface area contributed by atoms with Gasteiger partial charge in [0.1, 0.15) is 5.75 Å². The molecule has 2 aromatic rings. The Morgan fingerprint density at radius 1 is 1.25 bits per heavy atom. The zero-order valence-electron chi connectivity index (χ0n) is 11.4. The third-order valence-corrected chi connectivity index (χ3v) is 4.44. The molecule has 3 rings (SSSR count). The maximum atomic E-state index is 5.25. The van der Waals surface area contributed by atoms with Crippen molar-refractivity contribution < 1.29 is 4.74 Å². The average Bonchev–Trinajstić information content (AvgIpc) is 2.98. The van der Waals surface area contributed by atoms with Crippen LogP contribution in [0.4, 0.5) is 0 Å². The van der Waals surface area contributed by atoms with Gasteiger partial charge < -0.3 is 10.1 Å². The van der Waals surface area contributed by atoms with E-state index in [1.165, 1.54) is 18.5 Å². The molecular weight excluding hydrogens is 318 g/mol. The molecule has 0 saturated carbocycles. The number of H-pyrrole nitrogens is 1. The Kier molecular flexibility index (Phi) is 4.08. The van der Waals surface area contributed by atoms with Gasteiger partial charge in [0.25, 0.3) is 0 Å². The number of aromatic amines is 1. The highest BCUT2D eigenvalue weighted by Crippen LogP contribution is 2.31. The number of hydrogen-bond donors (Lipinski definition) is 2. The molecule has 1 aromatic heterocycles. The molecule has 1 fully saturated rings. The van der Waals surface area contributed by atoms with Crippen LogP contribution in [0.25, 0.3) is 11.3 Å². The predicted molar refractivity (Wildman–Crippen MR) is 83.1 cm³/mol. The van der Waals surface area contributed by atoms with Crippen LogP contribution in [0.2, 0.25) is 0 Å². The number of methoxy groups -OCH3 is 1. The summed E-state index contributed by atoms with van der Waals surface area (Å²) in [5.41, 5.74) is 3.32. The topological polar surface area (TPSA) is 49.9 Å². The first-order valence-corrected chi connectivity index (χ1v) is 7.67. The zero-order valence-corrected chi connectivity index (χ0v) is 13.0. The van der Waals surface area contributed by atoms with E-state index in [1.807, 2.05) is 18.2 Å². The molecule has 1 aromatic carbocycles. The summed E-state index contributed by atoms with van der Waals surface area (Å²) in [6.45, 7) is 2.18. The first-order chi connectivity index (χ1) is 9.78. The SMILES string of the molecule is COc1ccc(-c2cc(C3CCNCC3)[nH]n2)cc1Br. The van der Waals surface area contributed by atoms with Crippen LogP contribution in [0.3, 0.4) is 0 Å². The second kappa shape index (κ2) is 5.97. The standard InChI is InChI=1S/C15H18BrN3O/c1-20-15-3-2-11(8-12(15)16)14-9-13(18-19-14)10-4-6-17-7-5-10/h2-3,8-10,17H,4-7H2,1H3,(H,18,19). The number of ether oxygens (including phenoxy) is 1. The molecule has 0 radical (unpaired) electrons. The van der Waals surface area contributed by atoms with Crippen LogP contribution in [-0.2, 0) is 0 Å². The van der Waals surface area contributed by atoms with Gasteiger partial charge in [0, 0.05) is 17.2 Å². The molecule has 1 aliphatic heterocycles. The van der Waals surface area contributed by atoms with E-state index in [0.717, 1.165) is 34.6 Å². The van der Waals surface area contributed by atoms with E-state index in [4.69, 9.17) is 4.74 Å². The molecule has 20 heavy (non-hydrogen) atoms. The highest BCUT2D eigenvalue weighted by molar-refractivity contribution is 9.10. The van der Waals surface area contributed by atoms with Crippen molar-refractivity contribution >= 4 is 15.9 Å². The summed E-state index contributed by atoms with van der Waals surface area (Å²) < 4.78 is 6.20. The number of benzene rings is 1. The Balaban J connectivity index is 1.84. The monoisotopic (exact) mass is 335 g/mol. The van der Waals surface area contributed by atoms with Crippen molar-refractivity contribution in [1.29, 1.82) is 0 Å². The summed E-state index contributed by atoms with van der Waals surface area (Å²) in [6.07, 6.45) is 2.35. The molecule has 4 nitrogen and oxygen atoms in total. The fourth-order valence-corrected chi connectivity index (χ4v) is 3.19. The quantitative estimate of drug-likeness (QED) is 0.904. The number of piperidine rings is 1. The number of hydrogen-bond acceptors (Lipinski definition) is 3. The summed E-state index contributed by atoms with van der Waals surface area (Å²) in [5, 5.41) is 11.0. The Morgan fingerprint density at radius 3 is 2.75 bits per heavy atom. The number of aromatic nitrogens is 2. The minimum atomic E-state index is 0.596. The van der Waals surface area contributed by atoms with E-state index in [1.54, 1.807) is 7.11 Å². The molecule has 0 atom stereocenters. The molecule has 0 spiro atoms. The van der Waals surface area contributed by atoms with Crippen molar-refractivity contribution in [3.8, 4) is 17.0 Å². The minimum absolute atomic E-state index is 0.596. The predicted octanol–water partition coefficient (Wildman–Crippen LogP) is 3.31. The zero-order chi connectivity index (χ0) is 13.9. The molecule has 1 saturated heterocycles. The van der Waals surface area contributed by atoms with Gasteiger partial charge in [-0.1, -0.05) is 0 Å². The summed E-state index contributed by atoms with van der Waals surface area (Å²) in [7, 11) is 1.67. The van der Waals surface area contributed by atoms with Crippen molar-refractivity contribution in [3.05, 3.63) is 34.4 Å². The molecule has 0 unspecified atom stereocenters. The fraction of sp³-hybridized carbons (Fsp3) is 0.400. The van der Waals surface area contributed by atoms with Crippen molar-refractivity contribution in [2.75, 3.05) is 20.2 Å². The van der Waals surface area contributed by atoms with Crippen molar-refractivity contribution in [2.24, 2.45) is 0 Å². The highest BCUT2D eigenvalue weighted by atomic mass is 79.9. The van der Waals surface area contributed by atoms with Crippen LogP contribution in [0.15, 0.2) is 28.7 Å². The molecule has 106 valence electrons. The van der Waals surface area contributed by atoms with Crippen LogP contribution >= 0.6 is 15.9 Å². The van der Waals surface area contributed by atoms with Gasteiger partial charge in [0.05, 0.1) is 17.3 Å². The van der Waals surface area contributed by atoms with Gasteiger partial charge in [-0.25, -0.2) is 0 Å². The Bertz CT molecular complexity index is 591. The number of rotatable bonds is 3. The normalized spacial score (nSPS) is 16.3. The van der Waals surface area contributed by atoms with Gasteiger partial charge in [-0.3, -0.25) is 5.10 Å². The molecular formula is C15H18BrN3O. The van der Waals surface area contributed by atoms with Gasteiger partial charge in [-0.05, 0) is 66.1 Å². The van der Waals surface area contributed by atoms with E-state index >= 15 is 0 Å². The molecule has 0 bridgehead atoms. The maximum Gasteiger partial charge on any atom is 0.133 e. The van der Waals surface area contributed by atoms with Gasteiger partial charge in [-0.2, -0.15) is 5.10 Å². The lowest BCUT2D eigenvalue weighted by Gasteiger charge is -2.20. The maximum absolute atomic E-state index is 5.25. The Labute approximate surface area is 127 Å². The number of nitrogens with one attached hydrogen (secondary N) is 2. The summed E-state index contributed by atoms with van der Waals surface area (Å²) >= 11 is 3.52. The highest BCUT2D eigenvalue weighted by Gasteiger charge is 2.18. The van der Waals surface area contributed by atoms with Gasteiger partial charge in [0.2, 0.25) is 0 Å². The molecule has 2 N–H and O–H groups in total. The second-order valence-electron chi connectivity index (χ2n) is 5.08. The third-order valence-electron chi connectivity index (χ3n) is 3.82. The second-order valence-corrected chi connectivity index (χ2v) is 5.94. The summed E-state index contributed by atoms with van der Waals surface area (Å²) in [4.78, 5) is 0. The third kappa shape index (κ3) is 2.74. The average molecular weight is 336 g/mol. The van der Waals surface area contributed by atoms with E-state index in [9.17, 15) is 0 Å². The van der Waals surface area contributed by atoms with Crippen LogP contribution < -0.4 is 10.1 Å². The fourth-order valence-electron chi connectivity index (χ4n) is 2.65. The molecule has 1 aliphatic rings. The van der Waals surface area contributed by atoms with Crippen molar-refractivity contribution in [2.45, 2.75) is 18.8 Å². The first kappa shape index (κ1) is 13.6. The first-order valence-electron chi connectivity index (χ1n) is 6.88. The lowest BCUT2D eigenvalue weighted by atomic mass is 9.94. The van der Waals surface area contributed by atoms with Gasteiger partial charge in [0.15, 0.2) is 0 Å². The van der Waals surface area contributed by atoms with Crippen molar-refractivity contribution in [3.63, 3.8) is 0 Å². The van der Waals surface area contributed by atoms with E-state index < -0.39 is 0 Å². The molecule has 0 aliphatic carbocycles.